The van der Waals surface area contributed by atoms with Gasteiger partial charge in [0.05, 0.1) is 24.4 Å². The van der Waals surface area contributed by atoms with Crippen LogP contribution in [0, 0.1) is 16.7 Å². The summed E-state index contributed by atoms with van der Waals surface area (Å²) in [5, 5.41) is 32.3. The van der Waals surface area contributed by atoms with Crippen LogP contribution in [-0.4, -0.2) is 50.5 Å². The second-order valence-corrected chi connectivity index (χ2v) is 11.9. The average Bonchev–Trinajstić information content (AvgIpc) is 3.50. The SMILES string of the molecule is C=C(CCC(C)(C)CCC)c1cc([C@H]2C[C@]3(CO)CC[C@](CO)(C2)O3)ccc1NC(=O)c1nc(C#N)c[nH]1. The summed E-state index contributed by atoms with van der Waals surface area (Å²) in [6, 6.07) is 7.92. The zero-order chi connectivity index (χ0) is 27.6. The molecule has 3 heterocycles. The maximum Gasteiger partial charge on any atom is 0.291 e. The van der Waals surface area contributed by atoms with E-state index >= 15 is 0 Å². The van der Waals surface area contributed by atoms with Gasteiger partial charge < -0.3 is 25.3 Å². The molecule has 204 valence electrons. The lowest BCUT2D eigenvalue weighted by molar-refractivity contribution is -0.177. The van der Waals surface area contributed by atoms with Gasteiger partial charge in [0.2, 0.25) is 0 Å². The van der Waals surface area contributed by atoms with E-state index in [1.54, 1.807) is 0 Å². The van der Waals surface area contributed by atoms with E-state index in [0.717, 1.165) is 55.2 Å². The molecule has 2 saturated heterocycles. The van der Waals surface area contributed by atoms with Crippen molar-refractivity contribution in [2.45, 2.75) is 89.3 Å². The number of fused-ring (bicyclic) bond motifs is 2. The standard InChI is InChI=1S/C30H40N4O4/c1-5-9-28(3,4)10-8-20(2)24-13-21(22-14-29(18-35)11-12-30(15-22,19-36)38-29)6-7-25(24)34-27(37)26-32-17-23(16-31)33-26/h6-7,13,17,22,35-36H,2,5,8-12,14-15,18-19H2,1,3-4H3,(H,32,33)(H,34,37)/t22-,29-,30+. The summed E-state index contributed by atoms with van der Waals surface area (Å²) >= 11 is 0. The van der Waals surface area contributed by atoms with Gasteiger partial charge in [-0.1, -0.05) is 39.8 Å². The van der Waals surface area contributed by atoms with Gasteiger partial charge >= 0.3 is 0 Å². The molecule has 2 bridgehead atoms. The van der Waals surface area contributed by atoms with Crippen molar-refractivity contribution in [1.29, 1.82) is 5.26 Å². The van der Waals surface area contributed by atoms with Crippen molar-refractivity contribution in [2.75, 3.05) is 18.5 Å². The molecule has 2 aliphatic rings. The molecule has 8 nitrogen and oxygen atoms in total. The minimum atomic E-state index is -0.627. The van der Waals surface area contributed by atoms with Crippen molar-refractivity contribution < 1.29 is 19.7 Å². The van der Waals surface area contributed by atoms with Crippen molar-refractivity contribution >= 4 is 17.2 Å². The van der Waals surface area contributed by atoms with Gasteiger partial charge in [0.25, 0.3) is 5.91 Å². The number of imidazole rings is 1. The molecule has 2 fully saturated rings. The van der Waals surface area contributed by atoms with Crippen LogP contribution in [0.5, 0.6) is 0 Å². The normalized spacial score (nSPS) is 24.7. The topological polar surface area (TPSA) is 131 Å². The Hall–Kier alpha value is -2.99. The minimum absolute atomic E-state index is 0.0701. The smallest absolute Gasteiger partial charge is 0.291 e. The number of aliphatic hydroxyl groups is 2. The molecule has 8 heteroatoms. The van der Waals surface area contributed by atoms with Crippen LogP contribution in [0.1, 0.15) is 105 Å². The average molecular weight is 521 g/mol. The first-order valence-corrected chi connectivity index (χ1v) is 13.6. The molecule has 1 amide bonds. The minimum Gasteiger partial charge on any atom is -0.393 e. The first-order valence-electron chi connectivity index (χ1n) is 13.6. The van der Waals surface area contributed by atoms with E-state index < -0.39 is 17.1 Å². The van der Waals surface area contributed by atoms with Crippen molar-refractivity contribution in [3.8, 4) is 6.07 Å². The molecule has 2 aromatic rings. The number of carbonyl (C=O) groups excluding carboxylic acids is 1. The molecule has 0 spiro atoms. The Morgan fingerprint density at radius 1 is 1.26 bits per heavy atom. The fourth-order valence-electron chi connectivity index (χ4n) is 6.18. The molecule has 4 N–H and O–H groups in total. The number of hydrogen-bond acceptors (Lipinski definition) is 6. The maximum absolute atomic E-state index is 12.9. The van der Waals surface area contributed by atoms with E-state index in [9.17, 15) is 15.0 Å². The molecule has 0 aliphatic carbocycles. The molecular weight excluding hydrogens is 480 g/mol. The number of nitriles is 1. The van der Waals surface area contributed by atoms with Gasteiger partial charge in [0.1, 0.15) is 6.07 Å². The summed E-state index contributed by atoms with van der Waals surface area (Å²) in [7, 11) is 0. The number of benzene rings is 1. The monoisotopic (exact) mass is 520 g/mol. The van der Waals surface area contributed by atoms with E-state index in [1.807, 2.05) is 18.2 Å². The highest BCUT2D eigenvalue weighted by Crippen LogP contribution is 2.53. The van der Waals surface area contributed by atoms with Gasteiger partial charge in [-0.2, -0.15) is 5.26 Å². The van der Waals surface area contributed by atoms with Crippen LogP contribution >= 0.6 is 0 Å². The van der Waals surface area contributed by atoms with Crippen LogP contribution in [-0.2, 0) is 4.74 Å². The number of ether oxygens (including phenoxy) is 1. The Morgan fingerprint density at radius 3 is 2.53 bits per heavy atom. The van der Waals surface area contributed by atoms with Gasteiger partial charge in [-0.05, 0) is 79.5 Å². The van der Waals surface area contributed by atoms with Crippen molar-refractivity contribution in [3.63, 3.8) is 0 Å². The Morgan fingerprint density at radius 2 is 1.95 bits per heavy atom. The Labute approximate surface area is 225 Å². The highest BCUT2D eigenvalue weighted by molar-refractivity contribution is 6.03. The van der Waals surface area contributed by atoms with E-state index in [-0.39, 0.29) is 36.1 Å². The number of aromatic nitrogens is 2. The highest BCUT2D eigenvalue weighted by atomic mass is 16.6. The molecule has 4 rings (SSSR count). The summed E-state index contributed by atoms with van der Waals surface area (Å²) in [4.78, 5) is 19.7. The number of nitrogens with zero attached hydrogens (tertiary/aromatic N) is 2. The third-order valence-corrected chi connectivity index (χ3v) is 8.36. The molecule has 0 unspecified atom stereocenters. The van der Waals surface area contributed by atoms with Crippen LogP contribution in [0.4, 0.5) is 5.69 Å². The van der Waals surface area contributed by atoms with Crippen LogP contribution in [0.25, 0.3) is 5.57 Å². The molecule has 0 saturated carbocycles. The molecule has 1 aromatic carbocycles. The van der Waals surface area contributed by atoms with Crippen LogP contribution < -0.4 is 5.32 Å². The number of H-pyrrole nitrogens is 1. The van der Waals surface area contributed by atoms with Crippen LogP contribution in [0.3, 0.4) is 0 Å². The number of hydrogen-bond donors (Lipinski definition) is 4. The van der Waals surface area contributed by atoms with Gasteiger partial charge in [-0.25, -0.2) is 4.98 Å². The lowest BCUT2D eigenvalue weighted by Gasteiger charge is -2.43. The van der Waals surface area contributed by atoms with E-state index in [0.29, 0.717) is 18.5 Å². The van der Waals surface area contributed by atoms with Gasteiger partial charge in [-0.15, -0.1) is 0 Å². The molecule has 0 radical (unpaired) electrons. The predicted molar refractivity (Wildman–Crippen MR) is 147 cm³/mol. The Balaban J connectivity index is 1.64. The van der Waals surface area contributed by atoms with E-state index in [2.05, 4.69) is 48.7 Å². The molecule has 2 aliphatic heterocycles. The number of allylic oxidation sites excluding steroid dienone is 1. The van der Waals surface area contributed by atoms with Crippen molar-refractivity contribution in [1.82, 2.24) is 9.97 Å². The van der Waals surface area contributed by atoms with E-state index in [1.165, 1.54) is 6.20 Å². The van der Waals surface area contributed by atoms with Crippen LogP contribution in [0.15, 0.2) is 31.0 Å². The number of aromatic amines is 1. The number of amides is 1. The largest absolute Gasteiger partial charge is 0.393 e. The third-order valence-electron chi connectivity index (χ3n) is 8.36. The summed E-state index contributed by atoms with van der Waals surface area (Å²) in [5.41, 5.74) is 2.60. The third kappa shape index (κ3) is 5.85. The number of carbonyl (C=O) groups is 1. The summed E-state index contributed by atoms with van der Waals surface area (Å²) in [6.45, 7) is 11.0. The first-order chi connectivity index (χ1) is 18.1. The fraction of sp³-hybridized carbons (Fsp3) is 0.567. The van der Waals surface area contributed by atoms with Gasteiger partial charge in [0, 0.05) is 17.4 Å². The van der Waals surface area contributed by atoms with Gasteiger partial charge in [-0.3, -0.25) is 4.79 Å². The zero-order valence-corrected chi connectivity index (χ0v) is 22.8. The summed E-state index contributed by atoms with van der Waals surface area (Å²) < 4.78 is 6.23. The molecule has 3 atom stereocenters. The first kappa shape index (κ1) is 28.0. The van der Waals surface area contributed by atoms with Crippen molar-refractivity contribution in [2.24, 2.45) is 5.41 Å². The lowest BCUT2D eigenvalue weighted by Crippen LogP contribution is -2.47. The van der Waals surface area contributed by atoms with E-state index in [4.69, 9.17) is 10.00 Å². The predicted octanol–water partition coefficient (Wildman–Crippen LogP) is 5.30. The summed E-state index contributed by atoms with van der Waals surface area (Å²) in [5.74, 6) is -0.258. The summed E-state index contributed by atoms with van der Waals surface area (Å²) in [6.07, 6.45) is 8.22. The molecular formula is C30H40N4O4. The molecule has 1 aromatic heterocycles. The Bertz CT molecular complexity index is 1210. The highest BCUT2D eigenvalue weighted by Gasteiger charge is 2.54. The maximum atomic E-state index is 12.9. The Kier molecular flexibility index (Phi) is 8.12. The number of anilines is 1. The number of nitrogens with one attached hydrogen (secondary N) is 2. The second-order valence-electron chi connectivity index (χ2n) is 11.9. The number of rotatable bonds is 11. The van der Waals surface area contributed by atoms with Crippen LogP contribution in [0.2, 0.25) is 0 Å². The fourth-order valence-corrected chi connectivity index (χ4v) is 6.18. The molecule has 38 heavy (non-hydrogen) atoms. The van der Waals surface area contributed by atoms with Gasteiger partial charge in [0.15, 0.2) is 11.5 Å². The number of aliphatic hydroxyl groups excluding tert-OH is 2. The second kappa shape index (κ2) is 11.0. The lowest BCUT2D eigenvalue weighted by atomic mass is 9.78. The van der Waals surface area contributed by atoms with Crippen molar-refractivity contribution in [3.05, 3.63) is 53.6 Å². The quantitative estimate of drug-likeness (QED) is 0.318. The zero-order valence-electron chi connectivity index (χ0n) is 22.8.